The van der Waals surface area contributed by atoms with Crippen molar-refractivity contribution in [2.45, 2.75) is 184 Å². The van der Waals surface area contributed by atoms with Crippen LogP contribution in [0.5, 0.6) is 0 Å². The van der Waals surface area contributed by atoms with Crippen molar-refractivity contribution in [3.8, 4) is 0 Å². The van der Waals surface area contributed by atoms with Crippen molar-refractivity contribution in [1.82, 2.24) is 0 Å². The molecular weight excluding hydrogens is 744 g/mol. The molecule has 2 N–H and O–H groups in total. The molecule has 0 aromatic heterocycles. The summed E-state index contributed by atoms with van der Waals surface area (Å²) in [7, 11) is 4.74. The van der Waals surface area contributed by atoms with Gasteiger partial charge in [0.05, 0.1) is 61.3 Å². The van der Waals surface area contributed by atoms with Crippen molar-refractivity contribution in [3.05, 3.63) is 23.5 Å². The Morgan fingerprint density at radius 2 is 1.51 bits per heavy atom. The SMILES string of the molecule is CO[C@@H]1[C@@H](O)[C@H](OC2CCC3(C)C(=CCC4C(=O)OC5CO[C@]6(C)OC=C(CCC43)C56)C2)O[C@H](C)[C@H]1O[C@H]1C[C@H](OC)[C@@H](O[C@H]2C[C@H](OC)[C@H](O)[C@@H](C)O2)[C@H](C)O1. The standard InChI is InChI=1S/C42H64O15/c1-20-34(43)28(46-6)16-31(51-20)56-36-21(2)52-32(17-29(36)47-7)57-37-22(3)53-40(35(44)38(37)48-8)54-25-13-14-41(4)24(15-25)10-11-26-27(41)12-9-23-18-49-42(5)33(23)30(19-50-42)55-39(26)45/h10,18,20-22,25-38,40,43-44H,9,11-17,19H2,1-8H3/t20-,21+,22-,25?,26?,27?,28+,29+,30?,31+,32+,33?,34-,35-,36+,37-,38-,40+,41?,42+/m1/s1. The molecule has 20 atom stereocenters. The Bertz CT molecular complexity index is 1510. The van der Waals surface area contributed by atoms with Gasteiger partial charge in [-0.2, -0.15) is 0 Å². The van der Waals surface area contributed by atoms with Crippen LogP contribution in [0.15, 0.2) is 23.5 Å². The third-order valence-electron chi connectivity index (χ3n) is 14.6. The summed E-state index contributed by atoms with van der Waals surface area (Å²) in [5.41, 5.74) is 2.27. The highest BCUT2D eigenvalue weighted by Crippen LogP contribution is 2.57. The lowest BCUT2D eigenvalue weighted by molar-refractivity contribution is -0.353. The van der Waals surface area contributed by atoms with E-state index in [1.165, 1.54) is 11.1 Å². The molecule has 1 saturated carbocycles. The Kier molecular flexibility index (Phi) is 12.2. The molecule has 0 aromatic rings. The Labute approximate surface area is 335 Å². The maximum atomic E-state index is 13.7. The molecule has 0 aromatic carbocycles. The second-order valence-corrected chi connectivity index (χ2v) is 17.9. The van der Waals surface area contributed by atoms with E-state index in [4.69, 9.17) is 56.8 Å². The summed E-state index contributed by atoms with van der Waals surface area (Å²) in [6, 6.07) is 0. The fourth-order valence-electron chi connectivity index (χ4n) is 11.3. The predicted molar refractivity (Wildman–Crippen MR) is 199 cm³/mol. The summed E-state index contributed by atoms with van der Waals surface area (Å²) in [6.07, 6.45) is 0.723. The van der Waals surface area contributed by atoms with E-state index in [1.54, 1.807) is 28.3 Å². The van der Waals surface area contributed by atoms with Crippen molar-refractivity contribution in [3.63, 3.8) is 0 Å². The van der Waals surface area contributed by atoms with E-state index in [1.807, 2.05) is 27.0 Å². The van der Waals surface area contributed by atoms with Gasteiger partial charge in [0.1, 0.15) is 36.6 Å². The second kappa shape index (κ2) is 16.6. The fraction of sp³-hybridized carbons (Fsp3) is 0.881. The lowest BCUT2D eigenvalue weighted by Crippen LogP contribution is -2.61. The first kappa shape index (κ1) is 42.0. The van der Waals surface area contributed by atoms with Crippen LogP contribution >= 0.6 is 0 Å². The van der Waals surface area contributed by atoms with Crippen LogP contribution < -0.4 is 0 Å². The summed E-state index contributed by atoms with van der Waals surface area (Å²) < 4.78 is 73.4. The van der Waals surface area contributed by atoms with Crippen molar-refractivity contribution >= 4 is 5.97 Å². The average Bonchev–Trinajstić information content (AvgIpc) is 3.70. The average molecular weight is 809 g/mol. The molecule has 0 bridgehead atoms. The number of aliphatic hydroxyl groups is 2. The summed E-state index contributed by atoms with van der Waals surface area (Å²) >= 11 is 0. The monoisotopic (exact) mass is 808 g/mol. The molecule has 15 nitrogen and oxygen atoms in total. The Morgan fingerprint density at radius 3 is 2.25 bits per heavy atom. The quantitative estimate of drug-likeness (QED) is 0.256. The number of fused-ring (bicyclic) bond motifs is 3. The first-order valence-corrected chi connectivity index (χ1v) is 21.0. The van der Waals surface area contributed by atoms with Gasteiger partial charge in [-0.05, 0) is 76.2 Å². The zero-order chi connectivity index (χ0) is 40.4. The molecule has 8 aliphatic rings. The van der Waals surface area contributed by atoms with Crippen LogP contribution in [-0.4, -0.2) is 142 Å². The summed E-state index contributed by atoms with van der Waals surface area (Å²) in [5, 5.41) is 22.0. The molecule has 0 amide bonds. The highest BCUT2D eigenvalue weighted by molar-refractivity contribution is 5.74. The van der Waals surface area contributed by atoms with E-state index in [2.05, 4.69) is 13.0 Å². The molecule has 15 heteroatoms. The largest absolute Gasteiger partial charge is 0.469 e. The number of carbonyl (C=O) groups excluding carboxylic acids is 1. The van der Waals surface area contributed by atoms with Crippen molar-refractivity contribution in [2.24, 2.45) is 23.2 Å². The number of hydrogen-bond donors (Lipinski definition) is 2. The van der Waals surface area contributed by atoms with Crippen LogP contribution in [0.3, 0.4) is 0 Å². The molecule has 2 aliphatic carbocycles. The van der Waals surface area contributed by atoms with E-state index in [9.17, 15) is 15.0 Å². The highest BCUT2D eigenvalue weighted by Gasteiger charge is 2.58. The summed E-state index contributed by atoms with van der Waals surface area (Å²) in [6.45, 7) is 10.2. The van der Waals surface area contributed by atoms with Crippen molar-refractivity contribution in [1.29, 1.82) is 0 Å². The third kappa shape index (κ3) is 7.76. The van der Waals surface area contributed by atoms with Gasteiger partial charge in [0.25, 0.3) is 0 Å². The van der Waals surface area contributed by atoms with Crippen LogP contribution in [-0.2, 0) is 61.6 Å². The maximum Gasteiger partial charge on any atom is 0.309 e. The van der Waals surface area contributed by atoms with Gasteiger partial charge in [-0.15, -0.1) is 0 Å². The van der Waals surface area contributed by atoms with Crippen LogP contribution in [0.2, 0.25) is 0 Å². The lowest BCUT2D eigenvalue weighted by Gasteiger charge is -2.51. The number of rotatable bonds is 9. The first-order chi connectivity index (χ1) is 27.3. The number of hydrogen-bond acceptors (Lipinski definition) is 15. The molecule has 6 heterocycles. The molecule has 57 heavy (non-hydrogen) atoms. The fourth-order valence-corrected chi connectivity index (χ4v) is 11.3. The normalized spacial score (nSPS) is 51.2. The Balaban J connectivity index is 0.877. The van der Waals surface area contributed by atoms with Gasteiger partial charge < -0.3 is 67.1 Å². The Morgan fingerprint density at radius 1 is 0.807 bits per heavy atom. The summed E-state index contributed by atoms with van der Waals surface area (Å²) in [5.74, 6) is -1.07. The number of methoxy groups -OCH3 is 3. The zero-order valence-electron chi connectivity index (χ0n) is 34.6. The van der Waals surface area contributed by atoms with Gasteiger partial charge in [0.15, 0.2) is 18.9 Å². The number of carbonyl (C=O) groups is 1. The Hall–Kier alpha value is -1.73. The molecule has 6 fully saturated rings. The van der Waals surface area contributed by atoms with Crippen LogP contribution in [0.4, 0.5) is 0 Å². The molecular formula is C42H64O15. The molecule has 0 radical (unpaired) electrons. The zero-order valence-corrected chi connectivity index (χ0v) is 34.6. The van der Waals surface area contributed by atoms with Gasteiger partial charge in [0.2, 0.25) is 5.79 Å². The van der Waals surface area contributed by atoms with E-state index >= 15 is 0 Å². The molecule has 322 valence electrons. The van der Waals surface area contributed by atoms with Crippen molar-refractivity contribution < 1.29 is 71.8 Å². The van der Waals surface area contributed by atoms with Gasteiger partial charge in [-0.25, -0.2) is 0 Å². The molecule has 0 spiro atoms. The first-order valence-electron chi connectivity index (χ1n) is 21.0. The van der Waals surface area contributed by atoms with Crippen LogP contribution in [0, 0.1) is 23.2 Å². The van der Waals surface area contributed by atoms with Crippen molar-refractivity contribution in [2.75, 3.05) is 27.9 Å². The maximum absolute atomic E-state index is 13.7. The predicted octanol–water partition coefficient (Wildman–Crippen LogP) is 3.66. The van der Waals surface area contributed by atoms with E-state index in [0.29, 0.717) is 32.3 Å². The minimum atomic E-state index is -1.13. The van der Waals surface area contributed by atoms with Gasteiger partial charge >= 0.3 is 5.97 Å². The number of allylic oxidation sites excluding steroid dienone is 1. The topological polar surface area (TPSA) is 168 Å². The minimum absolute atomic E-state index is 0.0721. The third-order valence-corrected chi connectivity index (χ3v) is 14.6. The van der Waals surface area contributed by atoms with E-state index in [0.717, 1.165) is 25.7 Å². The minimum Gasteiger partial charge on any atom is -0.469 e. The molecule has 8 rings (SSSR count). The smallest absolute Gasteiger partial charge is 0.309 e. The van der Waals surface area contributed by atoms with Gasteiger partial charge in [-0.1, -0.05) is 18.6 Å². The van der Waals surface area contributed by atoms with Gasteiger partial charge in [0, 0.05) is 41.1 Å². The van der Waals surface area contributed by atoms with Gasteiger partial charge in [-0.3, -0.25) is 4.79 Å². The van der Waals surface area contributed by atoms with Crippen LogP contribution in [0.1, 0.15) is 86.0 Å². The van der Waals surface area contributed by atoms with Crippen LogP contribution in [0.25, 0.3) is 0 Å². The highest BCUT2D eigenvalue weighted by atomic mass is 16.8. The van der Waals surface area contributed by atoms with E-state index in [-0.39, 0.29) is 47.4 Å². The number of esters is 1. The number of aliphatic hydroxyl groups excluding tert-OH is 2. The van der Waals surface area contributed by atoms with E-state index < -0.39 is 79.6 Å². The molecule has 6 aliphatic heterocycles. The lowest BCUT2D eigenvalue weighted by atomic mass is 9.55. The molecule has 6 unspecified atom stereocenters. The summed E-state index contributed by atoms with van der Waals surface area (Å²) in [4.78, 5) is 13.7. The second-order valence-electron chi connectivity index (χ2n) is 17.9. The number of ether oxygens (including phenoxy) is 12. The molecule has 5 saturated heterocycles.